The molecule has 2 fully saturated rings. The van der Waals surface area contributed by atoms with Gasteiger partial charge < -0.3 is 10.2 Å². The van der Waals surface area contributed by atoms with Crippen LogP contribution >= 0.6 is 23.5 Å². The Morgan fingerprint density at radius 1 is 1.14 bits per heavy atom. The number of nitrogens with one attached hydrogen (secondary N) is 1. The van der Waals surface area contributed by atoms with Gasteiger partial charge in [-0.1, -0.05) is 0 Å². The van der Waals surface area contributed by atoms with E-state index in [2.05, 4.69) is 64.7 Å². The Hall–Kier alpha value is 0.540. The summed E-state index contributed by atoms with van der Waals surface area (Å²) in [5.74, 6) is 5.19. The zero-order valence-corrected chi connectivity index (χ0v) is 15.5. The summed E-state index contributed by atoms with van der Waals surface area (Å²) in [6.07, 6.45) is 1.82. The van der Waals surface area contributed by atoms with Gasteiger partial charge >= 0.3 is 0 Å². The van der Waals surface area contributed by atoms with E-state index in [0.29, 0.717) is 6.17 Å². The SMILES string of the molecule is CNC(CC1CSCCN1CCN(C)C)N1CCSCC1. The highest BCUT2D eigenvalue weighted by Gasteiger charge is 2.28. The molecule has 2 heterocycles. The summed E-state index contributed by atoms with van der Waals surface area (Å²) in [4.78, 5) is 7.68. The van der Waals surface area contributed by atoms with Gasteiger partial charge in [0.05, 0.1) is 6.17 Å². The summed E-state index contributed by atoms with van der Waals surface area (Å²) < 4.78 is 0. The first kappa shape index (κ1) is 17.9. The first-order valence-electron chi connectivity index (χ1n) is 8.16. The van der Waals surface area contributed by atoms with Gasteiger partial charge in [0, 0.05) is 61.8 Å². The Kier molecular flexibility index (Phi) is 8.20. The van der Waals surface area contributed by atoms with Crippen LogP contribution in [0.4, 0.5) is 0 Å². The van der Waals surface area contributed by atoms with Gasteiger partial charge in [0.25, 0.3) is 0 Å². The predicted molar refractivity (Wildman–Crippen MR) is 97.6 cm³/mol. The number of thioether (sulfide) groups is 2. The predicted octanol–water partition coefficient (Wildman–Crippen LogP) is 0.950. The molecule has 1 N–H and O–H groups in total. The van der Waals surface area contributed by atoms with Crippen LogP contribution in [0.5, 0.6) is 0 Å². The van der Waals surface area contributed by atoms with Crippen molar-refractivity contribution in [3.05, 3.63) is 0 Å². The molecule has 0 aromatic rings. The van der Waals surface area contributed by atoms with Crippen molar-refractivity contribution < 1.29 is 0 Å². The molecule has 6 heteroatoms. The van der Waals surface area contributed by atoms with Crippen molar-refractivity contribution in [2.45, 2.75) is 18.6 Å². The van der Waals surface area contributed by atoms with E-state index in [9.17, 15) is 0 Å². The molecule has 2 saturated heterocycles. The number of likely N-dealkylation sites (N-methyl/N-ethyl adjacent to an activating group) is 1. The lowest BCUT2D eigenvalue weighted by Gasteiger charge is -2.41. The van der Waals surface area contributed by atoms with E-state index in [4.69, 9.17) is 0 Å². The molecule has 0 bridgehead atoms. The maximum absolute atomic E-state index is 3.57. The molecule has 21 heavy (non-hydrogen) atoms. The summed E-state index contributed by atoms with van der Waals surface area (Å²) >= 11 is 4.23. The first-order chi connectivity index (χ1) is 10.2. The fourth-order valence-electron chi connectivity index (χ4n) is 3.13. The number of rotatable bonds is 7. The highest BCUT2D eigenvalue weighted by molar-refractivity contribution is 7.99. The Morgan fingerprint density at radius 3 is 2.52 bits per heavy atom. The molecular formula is C15H32N4S2. The summed E-state index contributed by atoms with van der Waals surface area (Å²) in [5.41, 5.74) is 0. The number of hydrogen-bond donors (Lipinski definition) is 1. The van der Waals surface area contributed by atoms with Crippen LogP contribution in [0.3, 0.4) is 0 Å². The van der Waals surface area contributed by atoms with Gasteiger partial charge in [0.2, 0.25) is 0 Å². The van der Waals surface area contributed by atoms with Crippen molar-refractivity contribution in [2.75, 3.05) is 76.9 Å². The van der Waals surface area contributed by atoms with E-state index in [1.807, 2.05) is 0 Å². The molecule has 2 aliphatic rings. The lowest BCUT2D eigenvalue weighted by molar-refractivity contribution is 0.120. The molecule has 0 amide bonds. The van der Waals surface area contributed by atoms with E-state index in [0.717, 1.165) is 6.04 Å². The second kappa shape index (κ2) is 9.63. The van der Waals surface area contributed by atoms with E-state index >= 15 is 0 Å². The molecule has 124 valence electrons. The van der Waals surface area contributed by atoms with Crippen molar-refractivity contribution in [1.29, 1.82) is 0 Å². The number of nitrogens with zero attached hydrogens (tertiary/aromatic N) is 3. The highest BCUT2D eigenvalue weighted by Crippen LogP contribution is 2.22. The smallest absolute Gasteiger partial charge is 0.0610 e. The largest absolute Gasteiger partial charge is 0.308 e. The third-order valence-electron chi connectivity index (χ3n) is 4.50. The Balaban J connectivity index is 1.86. The molecule has 2 aliphatic heterocycles. The van der Waals surface area contributed by atoms with Gasteiger partial charge in [-0.15, -0.1) is 0 Å². The quantitative estimate of drug-likeness (QED) is 0.744. The van der Waals surface area contributed by atoms with Crippen molar-refractivity contribution in [2.24, 2.45) is 0 Å². The standard InChI is InChI=1S/C15H32N4S2/c1-16-15(19-7-9-20-10-8-19)12-14-13-21-11-6-18(14)5-4-17(2)3/h14-16H,4-13H2,1-3H3. The van der Waals surface area contributed by atoms with E-state index in [-0.39, 0.29) is 0 Å². The van der Waals surface area contributed by atoms with Crippen LogP contribution in [-0.2, 0) is 0 Å². The average Bonchev–Trinajstić information content (AvgIpc) is 2.52. The molecule has 0 saturated carbocycles. The van der Waals surface area contributed by atoms with Gasteiger partial charge in [-0.05, 0) is 27.6 Å². The Labute approximate surface area is 139 Å². The van der Waals surface area contributed by atoms with Crippen molar-refractivity contribution in [3.63, 3.8) is 0 Å². The van der Waals surface area contributed by atoms with Crippen LogP contribution in [0.1, 0.15) is 6.42 Å². The van der Waals surface area contributed by atoms with Crippen LogP contribution in [0.2, 0.25) is 0 Å². The van der Waals surface area contributed by atoms with Crippen LogP contribution in [-0.4, -0.2) is 104 Å². The lowest BCUT2D eigenvalue weighted by atomic mass is 10.1. The minimum Gasteiger partial charge on any atom is -0.308 e. The third kappa shape index (κ3) is 5.92. The zero-order valence-electron chi connectivity index (χ0n) is 13.9. The van der Waals surface area contributed by atoms with E-state index < -0.39 is 0 Å². The topological polar surface area (TPSA) is 21.8 Å². The second-order valence-corrected chi connectivity index (χ2v) is 8.63. The van der Waals surface area contributed by atoms with Crippen molar-refractivity contribution in [1.82, 2.24) is 20.0 Å². The molecule has 0 aromatic heterocycles. The maximum atomic E-state index is 3.57. The third-order valence-corrected chi connectivity index (χ3v) is 6.53. The molecular weight excluding hydrogens is 300 g/mol. The molecule has 0 radical (unpaired) electrons. The van der Waals surface area contributed by atoms with Gasteiger partial charge in [0.1, 0.15) is 0 Å². The molecule has 0 spiro atoms. The Bertz CT molecular complexity index is 285. The summed E-state index contributed by atoms with van der Waals surface area (Å²) in [6.45, 7) is 6.13. The minimum atomic E-state index is 0.552. The zero-order chi connectivity index (χ0) is 15.1. The number of hydrogen-bond acceptors (Lipinski definition) is 6. The molecule has 4 nitrogen and oxygen atoms in total. The fourth-order valence-corrected chi connectivity index (χ4v) is 5.21. The van der Waals surface area contributed by atoms with Gasteiger partial charge in [-0.2, -0.15) is 23.5 Å². The summed E-state index contributed by atoms with van der Waals surface area (Å²) in [7, 11) is 6.48. The molecule has 2 atom stereocenters. The van der Waals surface area contributed by atoms with Crippen molar-refractivity contribution in [3.8, 4) is 0 Å². The van der Waals surface area contributed by atoms with Crippen LogP contribution in [0.25, 0.3) is 0 Å². The highest BCUT2D eigenvalue weighted by atomic mass is 32.2. The second-order valence-electron chi connectivity index (χ2n) is 6.26. The summed E-state index contributed by atoms with van der Waals surface area (Å²) in [5, 5.41) is 3.57. The normalized spacial score (nSPS) is 27.1. The first-order valence-corrected chi connectivity index (χ1v) is 10.5. The molecule has 0 aliphatic carbocycles. The van der Waals surface area contributed by atoms with Gasteiger partial charge in [-0.25, -0.2) is 0 Å². The fraction of sp³-hybridized carbons (Fsp3) is 1.00. The molecule has 2 rings (SSSR count). The minimum absolute atomic E-state index is 0.552. The van der Waals surface area contributed by atoms with Crippen LogP contribution in [0.15, 0.2) is 0 Å². The van der Waals surface area contributed by atoms with Gasteiger partial charge in [0.15, 0.2) is 0 Å². The van der Waals surface area contributed by atoms with Crippen LogP contribution in [0, 0.1) is 0 Å². The van der Waals surface area contributed by atoms with Crippen molar-refractivity contribution >= 4 is 23.5 Å². The lowest BCUT2D eigenvalue weighted by Crippen LogP contribution is -2.54. The molecule has 0 aromatic carbocycles. The molecule has 2 unspecified atom stereocenters. The average molecular weight is 333 g/mol. The van der Waals surface area contributed by atoms with E-state index in [1.165, 1.54) is 62.2 Å². The van der Waals surface area contributed by atoms with E-state index in [1.54, 1.807) is 0 Å². The Morgan fingerprint density at radius 2 is 1.86 bits per heavy atom. The summed E-state index contributed by atoms with van der Waals surface area (Å²) in [6, 6.07) is 0.732. The van der Waals surface area contributed by atoms with Crippen LogP contribution < -0.4 is 5.32 Å². The maximum Gasteiger partial charge on any atom is 0.0610 e. The monoisotopic (exact) mass is 332 g/mol. The van der Waals surface area contributed by atoms with Gasteiger partial charge in [-0.3, -0.25) is 9.80 Å².